The lowest BCUT2D eigenvalue weighted by Gasteiger charge is -2.07. The van der Waals surface area contributed by atoms with Gasteiger partial charge in [-0.3, -0.25) is 14.3 Å². The van der Waals surface area contributed by atoms with Crippen LogP contribution in [-0.4, -0.2) is 36.4 Å². The van der Waals surface area contributed by atoms with E-state index in [0.29, 0.717) is 22.7 Å². The van der Waals surface area contributed by atoms with Gasteiger partial charge in [0, 0.05) is 28.2 Å². The number of amides is 1. The summed E-state index contributed by atoms with van der Waals surface area (Å²) >= 11 is 6.13. The third-order valence-electron chi connectivity index (χ3n) is 4.15. The molecule has 1 N–H and O–H groups in total. The minimum Gasteiger partial charge on any atom is -0.301 e. The van der Waals surface area contributed by atoms with Gasteiger partial charge in [0.05, 0.1) is 11.4 Å². The van der Waals surface area contributed by atoms with E-state index in [1.165, 1.54) is 23.1 Å². The second kappa shape index (κ2) is 9.99. The molecule has 7 nitrogen and oxygen atoms in total. The summed E-state index contributed by atoms with van der Waals surface area (Å²) in [5, 5.41) is 14.4. The Labute approximate surface area is 195 Å². The number of hydrogen-bond acceptors (Lipinski definition) is 7. The number of thiazole rings is 1. The van der Waals surface area contributed by atoms with Gasteiger partial charge in [-0.15, -0.1) is 28.1 Å². The number of aromatic nitrogens is 5. The fourth-order valence-electron chi connectivity index (χ4n) is 2.74. The molecule has 0 radical (unpaired) electrons. The smallest absolute Gasteiger partial charge is 0.236 e. The fraction of sp³-hybridized carbons (Fsp3) is 0.0952. The van der Waals surface area contributed by atoms with Crippen molar-refractivity contribution >= 4 is 50.1 Å². The van der Waals surface area contributed by atoms with Crippen molar-refractivity contribution in [3.8, 4) is 22.8 Å². The highest BCUT2D eigenvalue weighted by Gasteiger charge is 2.16. The number of hydrogen-bond donors (Lipinski definition) is 1. The number of rotatable bonds is 8. The number of nitrogens with zero attached hydrogens (tertiary/aromatic N) is 5. The highest BCUT2D eigenvalue weighted by molar-refractivity contribution is 9.10. The molecule has 0 saturated carbocycles. The summed E-state index contributed by atoms with van der Waals surface area (Å²) in [4.78, 5) is 21.3. The average Bonchev–Trinajstić information content (AvgIpc) is 3.41. The van der Waals surface area contributed by atoms with Crippen LogP contribution in [0.1, 0.15) is 0 Å². The van der Waals surface area contributed by atoms with Crippen LogP contribution in [0.2, 0.25) is 0 Å². The Hall–Kier alpha value is -2.82. The number of carbonyl (C=O) groups is 1. The summed E-state index contributed by atoms with van der Waals surface area (Å²) in [7, 11) is 0. The van der Waals surface area contributed by atoms with Gasteiger partial charge in [-0.2, -0.15) is 0 Å². The van der Waals surface area contributed by atoms with Gasteiger partial charge in [0.1, 0.15) is 5.69 Å². The minimum atomic E-state index is -0.158. The van der Waals surface area contributed by atoms with Gasteiger partial charge in [-0.25, -0.2) is 4.98 Å². The van der Waals surface area contributed by atoms with Crippen molar-refractivity contribution in [1.29, 1.82) is 0 Å². The molecule has 1 amide bonds. The molecule has 3 aromatic heterocycles. The van der Waals surface area contributed by atoms with Gasteiger partial charge in [0.25, 0.3) is 0 Å². The molecule has 156 valence electrons. The Morgan fingerprint density at radius 3 is 2.77 bits per heavy atom. The van der Waals surface area contributed by atoms with Crippen LogP contribution in [0.15, 0.2) is 76.3 Å². The molecule has 10 heteroatoms. The molecule has 3 heterocycles. The third-order valence-corrected chi connectivity index (χ3v) is 6.40. The Bertz CT molecular complexity index is 1190. The fourth-order valence-corrected chi connectivity index (χ4v) is 4.49. The maximum absolute atomic E-state index is 12.5. The van der Waals surface area contributed by atoms with E-state index < -0.39 is 0 Å². The molecule has 0 spiro atoms. The summed E-state index contributed by atoms with van der Waals surface area (Å²) < 4.78 is 2.90. The first kappa shape index (κ1) is 21.4. The number of nitrogens with one attached hydrogen (secondary N) is 1. The predicted molar refractivity (Wildman–Crippen MR) is 128 cm³/mol. The first-order valence-electron chi connectivity index (χ1n) is 9.23. The molecule has 0 fully saturated rings. The summed E-state index contributed by atoms with van der Waals surface area (Å²) in [5.41, 5.74) is 2.54. The number of allylic oxidation sites excluding steroid dienone is 1. The van der Waals surface area contributed by atoms with Gasteiger partial charge in [-0.1, -0.05) is 52.0 Å². The van der Waals surface area contributed by atoms with Crippen LogP contribution in [0, 0.1) is 0 Å². The molecule has 0 bridgehead atoms. The molecule has 0 atom stereocenters. The summed E-state index contributed by atoms with van der Waals surface area (Å²) in [6.07, 6.45) is 3.47. The lowest BCUT2D eigenvalue weighted by Crippen LogP contribution is -2.14. The molecule has 4 aromatic rings. The summed E-state index contributed by atoms with van der Waals surface area (Å²) in [6, 6.07) is 13.5. The van der Waals surface area contributed by atoms with Crippen molar-refractivity contribution < 1.29 is 4.79 Å². The van der Waals surface area contributed by atoms with Crippen molar-refractivity contribution in [2.24, 2.45) is 0 Å². The summed E-state index contributed by atoms with van der Waals surface area (Å²) in [6.45, 7) is 4.32. The van der Waals surface area contributed by atoms with E-state index in [4.69, 9.17) is 0 Å². The highest BCUT2D eigenvalue weighted by atomic mass is 79.9. The quantitative estimate of drug-likeness (QED) is 0.259. The van der Waals surface area contributed by atoms with E-state index in [1.54, 1.807) is 12.3 Å². The number of benzene rings is 1. The number of halogens is 1. The molecule has 0 aliphatic carbocycles. The molecule has 31 heavy (non-hydrogen) atoms. The highest BCUT2D eigenvalue weighted by Crippen LogP contribution is 2.27. The molecule has 1 aromatic carbocycles. The largest absolute Gasteiger partial charge is 0.301 e. The van der Waals surface area contributed by atoms with Crippen LogP contribution in [0.25, 0.3) is 22.8 Å². The number of thioether (sulfide) groups is 1. The van der Waals surface area contributed by atoms with Crippen molar-refractivity contribution in [1.82, 2.24) is 24.7 Å². The zero-order valence-corrected chi connectivity index (χ0v) is 19.5. The molecular weight excluding hydrogens is 496 g/mol. The van der Waals surface area contributed by atoms with E-state index in [1.807, 2.05) is 52.4 Å². The second-order valence-electron chi connectivity index (χ2n) is 6.30. The maximum Gasteiger partial charge on any atom is 0.236 e. The zero-order valence-electron chi connectivity index (χ0n) is 16.2. The Morgan fingerprint density at radius 1 is 1.19 bits per heavy atom. The monoisotopic (exact) mass is 512 g/mol. The van der Waals surface area contributed by atoms with Gasteiger partial charge in [-0.05, 0) is 24.3 Å². The first-order chi connectivity index (χ1) is 15.1. The van der Waals surface area contributed by atoms with Gasteiger partial charge < -0.3 is 5.32 Å². The standard InChI is InChI=1S/C21H17BrN6OS2/c1-2-11-28-19(16-5-3-4-10-23-16)26-27-21(28)31-13-18(29)25-20-24-17(12-30-20)14-6-8-15(22)9-7-14/h2-10,12H,1,11,13H2,(H,24,25,29). The van der Waals surface area contributed by atoms with Crippen LogP contribution in [-0.2, 0) is 11.3 Å². The molecule has 0 unspecified atom stereocenters. The van der Waals surface area contributed by atoms with Crippen LogP contribution in [0.5, 0.6) is 0 Å². The average molecular weight is 513 g/mol. The van der Waals surface area contributed by atoms with Gasteiger partial charge >= 0.3 is 0 Å². The van der Waals surface area contributed by atoms with Gasteiger partial charge in [0.2, 0.25) is 5.91 Å². The first-order valence-corrected chi connectivity index (χ1v) is 11.9. The van der Waals surface area contributed by atoms with E-state index in [0.717, 1.165) is 21.4 Å². The normalized spacial score (nSPS) is 10.7. The summed E-state index contributed by atoms with van der Waals surface area (Å²) in [5.74, 6) is 0.668. The lowest BCUT2D eigenvalue weighted by molar-refractivity contribution is -0.113. The second-order valence-corrected chi connectivity index (χ2v) is 9.02. The SMILES string of the molecule is C=CCn1c(SCC(=O)Nc2nc(-c3ccc(Br)cc3)cs2)nnc1-c1ccccn1. The molecule has 0 aliphatic heterocycles. The van der Waals surface area contributed by atoms with Crippen LogP contribution in [0.4, 0.5) is 5.13 Å². The number of pyridine rings is 1. The lowest BCUT2D eigenvalue weighted by atomic mass is 10.2. The van der Waals surface area contributed by atoms with E-state index in [9.17, 15) is 4.79 Å². The van der Waals surface area contributed by atoms with Crippen molar-refractivity contribution in [2.75, 3.05) is 11.1 Å². The third kappa shape index (κ3) is 5.27. The van der Waals surface area contributed by atoms with Crippen molar-refractivity contribution in [3.05, 3.63) is 71.2 Å². The van der Waals surface area contributed by atoms with Crippen LogP contribution >= 0.6 is 39.0 Å². The molecule has 0 saturated heterocycles. The minimum absolute atomic E-state index is 0.158. The topological polar surface area (TPSA) is 85.6 Å². The van der Waals surface area contributed by atoms with Crippen molar-refractivity contribution in [2.45, 2.75) is 11.7 Å². The van der Waals surface area contributed by atoms with Gasteiger partial charge in [0.15, 0.2) is 16.1 Å². The van der Waals surface area contributed by atoms with Crippen molar-refractivity contribution in [3.63, 3.8) is 0 Å². The number of carbonyl (C=O) groups excluding carboxylic acids is 1. The number of anilines is 1. The van der Waals surface area contributed by atoms with E-state index >= 15 is 0 Å². The molecular formula is C21H17BrN6OS2. The maximum atomic E-state index is 12.5. The Kier molecular flexibility index (Phi) is 6.90. The van der Waals surface area contributed by atoms with Crippen LogP contribution in [0.3, 0.4) is 0 Å². The van der Waals surface area contributed by atoms with E-state index in [-0.39, 0.29) is 11.7 Å². The van der Waals surface area contributed by atoms with E-state index in [2.05, 4.69) is 48.0 Å². The molecule has 0 aliphatic rings. The Balaban J connectivity index is 1.41. The van der Waals surface area contributed by atoms with Crippen LogP contribution < -0.4 is 5.32 Å². The molecule has 4 rings (SSSR count). The zero-order chi connectivity index (χ0) is 21.6. The Morgan fingerprint density at radius 2 is 2.03 bits per heavy atom. The predicted octanol–water partition coefficient (Wildman–Crippen LogP) is 5.14.